The van der Waals surface area contributed by atoms with Gasteiger partial charge in [-0.15, -0.1) is 0 Å². The minimum atomic E-state index is -1.15. The Morgan fingerprint density at radius 2 is 2.00 bits per heavy atom. The summed E-state index contributed by atoms with van der Waals surface area (Å²) in [7, 11) is 1.69. The van der Waals surface area contributed by atoms with Gasteiger partial charge < -0.3 is 15.2 Å². The molecule has 116 valence electrons. The van der Waals surface area contributed by atoms with Crippen molar-refractivity contribution in [1.29, 1.82) is 0 Å². The molecule has 0 aromatic heterocycles. The van der Waals surface area contributed by atoms with Crippen molar-refractivity contribution in [3.8, 4) is 0 Å². The topological polar surface area (TPSA) is 58.6 Å². The molecule has 0 saturated heterocycles. The van der Waals surface area contributed by atoms with Gasteiger partial charge in [0.2, 0.25) is 5.91 Å². The molecule has 4 nitrogen and oxygen atoms in total. The van der Waals surface area contributed by atoms with Crippen LogP contribution < -0.4 is 5.32 Å². The lowest BCUT2D eigenvalue weighted by atomic mass is 9.90. The Kier molecular flexibility index (Phi) is 5.37. The number of amides is 1. The molecule has 1 aromatic rings. The molecule has 0 bridgehead atoms. The summed E-state index contributed by atoms with van der Waals surface area (Å²) in [6, 6.07) is 9.36. The van der Waals surface area contributed by atoms with E-state index in [1.807, 2.05) is 30.3 Å². The largest absolute Gasteiger partial charge is 0.385 e. The molecule has 21 heavy (non-hydrogen) atoms. The number of methoxy groups -OCH3 is 1. The maximum atomic E-state index is 12.2. The van der Waals surface area contributed by atoms with Crippen molar-refractivity contribution in [2.45, 2.75) is 56.8 Å². The normalized spacial score (nSPS) is 25.1. The van der Waals surface area contributed by atoms with Gasteiger partial charge in [-0.1, -0.05) is 43.2 Å². The van der Waals surface area contributed by atoms with Crippen molar-refractivity contribution in [3.05, 3.63) is 35.9 Å². The number of hydrogen-bond donors (Lipinski definition) is 2. The van der Waals surface area contributed by atoms with Gasteiger partial charge in [0.25, 0.3) is 0 Å². The first-order valence-electron chi connectivity index (χ1n) is 7.63. The molecular formula is C17H25NO3. The van der Waals surface area contributed by atoms with Crippen LogP contribution in [0.4, 0.5) is 0 Å². The van der Waals surface area contributed by atoms with E-state index < -0.39 is 5.60 Å². The Morgan fingerprint density at radius 3 is 2.67 bits per heavy atom. The fourth-order valence-electron chi connectivity index (χ4n) is 3.01. The summed E-state index contributed by atoms with van der Waals surface area (Å²) in [6.07, 6.45) is 4.33. The Morgan fingerprint density at radius 1 is 1.33 bits per heavy atom. The van der Waals surface area contributed by atoms with Crippen molar-refractivity contribution in [2.24, 2.45) is 0 Å². The summed E-state index contributed by atoms with van der Waals surface area (Å²) >= 11 is 0. The van der Waals surface area contributed by atoms with Crippen LogP contribution in [0.15, 0.2) is 30.3 Å². The van der Waals surface area contributed by atoms with E-state index >= 15 is 0 Å². The second kappa shape index (κ2) is 7.05. The van der Waals surface area contributed by atoms with E-state index in [4.69, 9.17) is 4.74 Å². The number of hydrogen-bond acceptors (Lipinski definition) is 3. The summed E-state index contributed by atoms with van der Waals surface area (Å²) in [5, 5.41) is 13.5. The zero-order chi connectivity index (χ0) is 15.3. The van der Waals surface area contributed by atoms with Gasteiger partial charge in [0.05, 0.1) is 24.2 Å². The molecule has 2 N–H and O–H groups in total. The number of carbonyl (C=O) groups excluding carboxylic acids is 1. The fourth-order valence-corrected chi connectivity index (χ4v) is 3.01. The number of nitrogens with one attached hydrogen (secondary N) is 1. The number of rotatable bonds is 5. The zero-order valence-electron chi connectivity index (χ0n) is 12.8. The van der Waals surface area contributed by atoms with Crippen LogP contribution in [0.2, 0.25) is 0 Å². The summed E-state index contributed by atoms with van der Waals surface area (Å²) in [5.74, 6) is -0.127. The number of ether oxygens (including phenoxy) is 1. The SMILES string of the molecule is COC1CCCCC1NC(=O)CC(C)(O)c1ccccc1. The van der Waals surface area contributed by atoms with Crippen LogP contribution in [0.3, 0.4) is 0 Å². The van der Waals surface area contributed by atoms with Gasteiger partial charge in [-0.2, -0.15) is 0 Å². The lowest BCUT2D eigenvalue weighted by Crippen LogP contribution is -2.47. The predicted molar refractivity (Wildman–Crippen MR) is 81.8 cm³/mol. The van der Waals surface area contributed by atoms with E-state index in [1.54, 1.807) is 14.0 Å². The molecule has 0 heterocycles. The molecule has 1 saturated carbocycles. The summed E-state index contributed by atoms with van der Waals surface area (Å²) in [4.78, 5) is 12.2. The van der Waals surface area contributed by atoms with Gasteiger partial charge in [0.1, 0.15) is 0 Å². The van der Waals surface area contributed by atoms with Gasteiger partial charge in [-0.25, -0.2) is 0 Å². The highest BCUT2D eigenvalue weighted by Gasteiger charge is 2.30. The van der Waals surface area contributed by atoms with Crippen LogP contribution in [0.25, 0.3) is 0 Å². The van der Waals surface area contributed by atoms with Gasteiger partial charge in [0, 0.05) is 7.11 Å². The predicted octanol–water partition coefficient (Wildman–Crippen LogP) is 2.36. The average Bonchev–Trinajstić information content (AvgIpc) is 2.48. The van der Waals surface area contributed by atoms with Crippen molar-refractivity contribution in [3.63, 3.8) is 0 Å². The van der Waals surface area contributed by atoms with E-state index in [2.05, 4.69) is 5.32 Å². The van der Waals surface area contributed by atoms with Crippen molar-refractivity contribution in [1.82, 2.24) is 5.32 Å². The van der Waals surface area contributed by atoms with Crippen LogP contribution in [0.1, 0.15) is 44.6 Å². The smallest absolute Gasteiger partial charge is 0.223 e. The number of carbonyl (C=O) groups is 1. The maximum Gasteiger partial charge on any atom is 0.223 e. The number of benzene rings is 1. The molecule has 1 aromatic carbocycles. The van der Waals surface area contributed by atoms with E-state index in [0.29, 0.717) is 0 Å². The summed E-state index contributed by atoms with van der Waals surface area (Å²) < 4.78 is 5.44. The van der Waals surface area contributed by atoms with Crippen LogP contribution in [-0.4, -0.2) is 30.3 Å². The first kappa shape index (κ1) is 16.0. The van der Waals surface area contributed by atoms with Crippen LogP contribution >= 0.6 is 0 Å². The molecule has 3 unspecified atom stereocenters. The van der Waals surface area contributed by atoms with Crippen LogP contribution in [0.5, 0.6) is 0 Å². The second-order valence-electron chi connectivity index (χ2n) is 6.05. The highest BCUT2D eigenvalue weighted by molar-refractivity contribution is 5.77. The minimum absolute atomic E-state index is 0.0582. The molecule has 1 fully saturated rings. The quantitative estimate of drug-likeness (QED) is 0.875. The van der Waals surface area contributed by atoms with Gasteiger partial charge in [-0.3, -0.25) is 4.79 Å². The van der Waals surface area contributed by atoms with Crippen molar-refractivity contribution >= 4 is 5.91 Å². The zero-order valence-corrected chi connectivity index (χ0v) is 12.8. The van der Waals surface area contributed by atoms with Gasteiger partial charge in [0.15, 0.2) is 0 Å². The van der Waals surface area contributed by atoms with Crippen molar-refractivity contribution < 1.29 is 14.6 Å². The molecule has 3 atom stereocenters. The number of aliphatic hydroxyl groups is 1. The molecule has 1 aliphatic rings. The van der Waals surface area contributed by atoms with E-state index in [9.17, 15) is 9.90 Å². The highest BCUT2D eigenvalue weighted by Crippen LogP contribution is 2.25. The third-order valence-electron chi connectivity index (χ3n) is 4.25. The third-order valence-corrected chi connectivity index (χ3v) is 4.25. The molecule has 2 rings (SSSR count). The lowest BCUT2D eigenvalue weighted by Gasteiger charge is -2.32. The summed E-state index contributed by atoms with van der Waals surface area (Å²) in [6.45, 7) is 1.68. The van der Waals surface area contributed by atoms with E-state index in [-0.39, 0.29) is 24.5 Å². The van der Waals surface area contributed by atoms with Gasteiger partial charge in [-0.05, 0) is 25.3 Å². The van der Waals surface area contributed by atoms with E-state index in [1.165, 1.54) is 0 Å². The Hall–Kier alpha value is -1.39. The maximum absolute atomic E-state index is 12.2. The van der Waals surface area contributed by atoms with Crippen molar-refractivity contribution in [2.75, 3.05) is 7.11 Å². The van der Waals surface area contributed by atoms with E-state index in [0.717, 1.165) is 31.2 Å². The second-order valence-corrected chi connectivity index (χ2v) is 6.05. The monoisotopic (exact) mass is 291 g/mol. The standard InChI is InChI=1S/C17H25NO3/c1-17(20,13-8-4-3-5-9-13)12-16(19)18-14-10-6-7-11-15(14)21-2/h3-5,8-9,14-15,20H,6-7,10-12H2,1-2H3,(H,18,19). The molecule has 4 heteroatoms. The Bertz CT molecular complexity index is 458. The first-order valence-corrected chi connectivity index (χ1v) is 7.63. The Labute approximate surface area is 126 Å². The van der Waals surface area contributed by atoms with Crippen LogP contribution in [0, 0.1) is 0 Å². The highest BCUT2D eigenvalue weighted by atomic mass is 16.5. The molecule has 0 aliphatic heterocycles. The molecule has 0 radical (unpaired) electrons. The summed E-state index contributed by atoms with van der Waals surface area (Å²) in [5.41, 5.74) is -0.394. The Balaban J connectivity index is 1.94. The first-order chi connectivity index (χ1) is 10.0. The lowest BCUT2D eigenvalue weighted by molar-refractivity contribution is -0.128. The fraction of sp³-hybridized carbons (Fsp3) is 0.588. The third kappa shape index (κ3) is 4.29. The molecule has 1 aliphatic carbocycles. The van der Waals surface area contributed by atoms with Crippen LogP contribution in [-0.2, 0) is 15.1 Å². The minimum Gasteiger partial charge on any atom is -0.385 e. The van der Waals surface area contributed by atoms with Gasteiger partial charge >= 0.3 is 0 Å². The average molecular weight is 291 g/mol. The molecular weight excluding hydrogens is 266 g/mol. The molecule has 1 amide bonds. The molecule has 0 spiro atoms.